The van der Waals surface area contributed by atoms with Crippen molar-refractivity contribution in [3.63, 3.8) is 0 Å². The molecule has 0 aromatic heterocycles. The number of hydrogen-bond acceptors (Lipinski definition) is 2. The van der Waals surface area contributed by atoms with Gasteiger partial charge in [-0.15, -0.1) is 0 Å². The van der Waals surface area contributed by atoms with Gasteiger partial charge in [0.2, 0.25) is 0 Å². The number of fused-ring (bicyclic) bond motifs is 20. The molecular formula is C69H49NO. The van der Waals surface area contributed by atoms with E-state index < -0.39 is 5.41 Å². The first-order valence-corrected chi connectivity index (χ1v) is 24.8. The van der Waals surface area contributed by atoms with Gasteiger partial charge in [0, 0.05) is 27.9 Å². The Morgan fingerprint density at radius 1 is 0.465 bits per heavy atom. The molecule has 14 rings (SSSR count). The number of allylic oxidation sites excluding steroid dienone is 5. The van der Waals surface area contributed by atoms with Gasteiger partial charge in [0.25, 0.3) is 0 Å². The fraction of sp³-hybridized carbons (Fsp3) is 0.0725. The third kappa shape index (κ3) is 5.71. The highest BCUT2D eigenvalue weighted by Crippen LogP contribution is 2.63. The predicted molar refractivity (Wildman–Crippen MR) is 296 cm³/mol. The van der Waals surface area contributed by atoms with Gasteiger partial charge >= 0.3 is 0 Å². The Morgan fingerprint density at radius 3 is 1.75 bits per heavy atom. The highest BCUT2D eigenvalue weighted by molar-refractivity contribution is 6.07. The van der Waals surface area contributed by atoms with Gasteiger partial charge < -0.3 is 9.64 Å². The van der Waals surface area contributed by atoms with E-state index >= 15 is 0 Å². The molecule has 0 bridgehead atoms. The molecule has 10 aromatic carbocycles. The standard InChI is InChI=1S/C69H49NO/c1-5-46-52-27-12-16-32-58(52)68(3,4)62(46)41-43(2)70(64-35-20-31-56-51-26-11-10-25-50(51)55-29-15-19-36-65(55)71-67(56)64)45-38-39-54-49-24-9-8-23-48(49)53-28-13-17-33-59(53)69(63(54)42-45)60-34-18-14-30-57(60)66-47-22-7-6-21-44(47)37-40-61(66)69/h5-42H,1H2,2-4H3/b43-41+. The van der Waals surface area contributed by atoms with Crippen LogP contribution in [0.15, 0.2) is 248 Å². The number of hydrogen-bond donors (Lipinski definition) is 0. The molecule has 1 spiro atoms. The van der Waals surface area contributed by atoms with Crippen molar-refractivity contribution < 1.29 is 4.74 Å². The van der Waals surface area contributed by atoms with E-state index in [9.17, 15) is 0 Å². The second kappa shape index (κ2) is 15.4. The van der Waals surface area contributed by atoms with Crippen molar-refractivity contribution >= 4 is 27.7 Å². The molecule has 1 heterocycles. The zero-order chi connectivity index (χ0) is 47.6. The third-order valence-electron chi connectivity index (χ3n) is 16.0. The summed E-state index contributed by atoms with van der Waals surface area (Å²) in [6.45, 7) is 11.4. The Hall–Kier alpha value is -8.72. The largest absolute Gasteiger partial charge is 0.454 e. The summed E-state index contributed by atoms with van der Waals surface area (Å²) in [5.74, 6) is 1.64. The number of rotatable bonds is 5. The second-order valence-corrected chi connectivity index (χ2v) is 19.9. The lowest BCUT2D eigenvalue weighted by atomic mass is 9.65. The molecule has 1 unspecified atom stereocenters. The molecule has 1 atom stereocenters. The molecule has 2 nitrogen and oxygen atoms in total. The quantitative estimate of drug-likeness (QED) is 0.171. The maximum absolute atomic E-state index is 7.33. The van der Waals surface area contributed by atoms with Crippen LogP contribution in [-0.4, -0.2) is 0 Å². The molecule has 0 saturated carbocycles. The summed E-state index contributed by atoms with van der Waals surface area (Å²) in [4.78, 5) is 2.46. The summed E-state index contributed by atoms with van der Waals surface area (Å²) in [5.41, 5.74) is 24.0. The van der Waals surface area contributed by atoms with Crippen LogP contribution in [0.25, 0.3) is 72.0 Å². The topological polar surface area (TPSA) is 12.5 Å². The molecule has 2 heteroatoms. The Morgan fingerprint density at radius 2 is 1.01 bits per heavy atom. The van der Waals surface area contributed by atoms with E-state index in [4.69, 9.17) is 4.74 Å². The highest BCUT2D eigenvalue weighted by atomic mass is 16.5. The maximum atomic E-state index is 7.33. The molecule has 0 saturated heterocycles. The van der Waals surface area contributed by atoms with Gasteiger partial charge in [-0.1, -0.05) is 221 Å². The fourth-order valence-corrected chi connectivity index (χ4v) is 13.0. The van der Waals surface area contributed by atoms with Gasteiger partial charge in [-0.05, 0) is 137 Å². The van der Waals surface area contributed by atoms with Crippen LogP contribution in [0, 0.1) is 0 Å². The molecule has 10 aromatic rings. The van der Waals surface area contributed by atoms with E-state index in [0.717, 1.165) is 56.4 Å². The first kappa shape index (κ1) is 41.3. The summed E-state index contributed by atoms with van der Waals surface area (Å²) >= 11 is 0. The number of anilines is 2. The van der Waals surface area contributed by atoms with Crippen molar-refractivity contribution in [3.05, 3.63) is 282 Å². The number of benzene rings is 10. The lowest BCUT2D eigenvalue weighted by molar-refractivity contribution is 0.488. The molecule has 336 valence electrons. The lowest BCUT2D eigenvalue weighted by Crippen LogP contribution is -2.30. The normalized spacial score (nSPS) is 16.2. The van der Waals surface area contributed by atoms with Gasteiger partial charge in [-0.25, -0.2) is 0 Å². The Kier molecular flexibility index (Phi) is 8.95. The maximum Gasteiger partial charge on any atom is 0.159 e. The summed E-state index contributed by atoms with van der Waals surface area (Å²) in [6, 6.07) is 80.9. The Bertz CT molecular complexity index is 3990. The van der Waals surface area contributed by atoms with E-state index in [0.29, 0.717) is 0 Å². The van der Waals surface area contributed by atoms with E-state index in [1.807, 2.05) is 6.08 Å². The minimum absolute atomic E-state index is 0.277. The van der Waals surface area contributed by atoms with Gasteiger partial charge in [0.05, 0.1) is 11.1 Å². The summed E-state index contributed by atoms with van der Waals surface area (Å²) in [5, 5.41) is 2.50. The van der Waals surface area contributed by atoms with Gasteiger partial charge in [0.15, 0.2) is 5.75 Å². The molecule has 0 fully saturated rings. The summed E-state index contributed by atoms with van der Waals surface area (Å²) in [6.07, 6.45) is 4.45. The molecule has 0 amide bonds. The van der Waals surface area contributed by atoms with E-state index in [2.05, 4.69) is 257 Å². The molecule has 4 aliphatic rings. The van der Waals surface area contributed by atoms with E-state index in [1.54, 1.807) is 0 Å². The zero-order valence-corrected chi connectivity index (χ0v) is 40.0. The molecule has 71 heavy (non-hydrogen) atoms. The molecule has 1 aliphatic heterocycles. The first-order valence-electron chi connectivity index (χ1n) is 24.8. The fourth-order valence-electron chi connectivity index (χ4n) is 13.0. The van der Waals surface area contributed by atoms with Crippen LogP contribution in [0.1, 0.15) is 54.2 Å². The van der Waals surface area contributed by atoms with Crippen LogP contribution < -0.4 is 9.64 Å². The summed E-state index contributed by atoms with van der Waals surface area (Å²) < 4.78 is 7.33. The molecule has 3 aliphatic carbocycles. The monoisotopic (exact) mass is 907 g/mol. The van der Waals surface area contributed by atoms with E-state index in [-0.39, 0.29) is 5.41 Å². The van der Waals surface area contributed by atoms with Crippen LogP contribution >= 0.6 is 0 Å². The van der Waals surface area contributed by atoms with Crippen LogP contribution in [0.4, 0.5) is 11.4 Å². The van der Waals surface area contributed by atoms with Gasteiger partial charge in [0.1, 0.15) is 5.75 Å². The first-order chi connectivity index (χ1) is 34.9. The minimum atomic E-state index is -0.685. The van der Waals surface area contributed by atoms with Crippen molar-refractivity contribution in [2.24, 2.45) is 0 Å². The smallest absolute Gasteiger partial charge is 0.159 e. The lowest BCUT2D eigenvalue weighted by Gasteiger charge is -2.37. The van der Waals surface area contributed by atoms with E-state index in [1.165, 1.54) is 83.1 Å². The van der Waals surface area contributed by atoms with Crippen LogP contribution in [-0.2, 0) is 10.8 Å². The highest BCUT2D eigenvalue weighted by Gasteiger charge is 2.50. The molecular weight excluding hydrogens is 859 g/mol. The van der Waals surface area contributed by atoms with Crippen molar-refractivity contribution in [2.45, 2.75) is 31.6 Å². The zero-order valence-electron chi connectivity index (χ0n) is 40.0. The molecule has 0 N–H and O–H groups in total. The summed E-state index contributed by atoms with van der Waals surface area (Å²) in [7, 11) is 0. The third-order valence-corrected chi connectivity index (χ3v) is 16.0. The van der Waals surface area contributed by atoms with Crippen molar-refractivity contribution in [3.8, 4) is 67.1 Å². The average Bonchev–Trinajstić information content (AvgIpc) is 3.72. The predicted octanol–water partition coefficient (Wildman–Crippen LogP) is 18.3. The van der Waals surface area contributed by atoms with Gasteiger partial charge in [-0.3, -0.25) is 0 Å². The SMILES string of the molecule is C=CC1=C(/C=C(\C)N(c2ccc3c(c2)C2(c4ccccc4-c4ccccc4-3)c3ccccc3-c3c2ccc2ccccc32)c2cccc3c2Oc2ccccc2-c2ccccc2-3)C(C)(C)c2ccccc21. The van der Waals surface area contributed by atoms with Crippen molar-refractivity contribution in [1.82, 2.24) is 0 Å². The number of para-hydroxylation sites is 2. The number of ether oxygens (including phenoxy) is 1. The Balaban J connectivity index is 1.10. The number of nitrogens with zero attached hydrogens (tertiary/aromatic N) is 1. The van der Waals surface area contributed by atoms with Crippen LogP contribution in [0.3, 0.4) is 0 Å². The van der Waals surface area contributed by atoms with Crippen LogP contribution in [0.2, 0.25) is 0 Å². The second-order valence-electron chi connectivity index (χ2n) is 19.9. The van der Waals surface area contributed by atoms with Crippen molar-refractivity contribution in [1.29, 1.82) is 0 Å². The molecule has 0 radical (unpaired) electrons. The van der Waals surface area contributed by atoms with Crippen LogP contribution in [0.5, 0.6) is 11.5 Å². The van der Waals surface area contributed by atoms with Crippen molar-refractivity contribution in [2.75, 3.05) is 4.90 Å². The van der Waals surface area contributed by atoms with Gasteiger partial charge in [-0.2, -0.15) is 0 Å². The average molecular weight is 908 g/mol. The Labute approximate surface area is 415 Å². The minimum Gasteiger partial charge on any atom is -0.454 e.